The summed E-state index contributed by atoms with van der Waals surface area (Å²) in [5, 5.41) is 17.8. The number of aliphatic carboxylic acids is 1. The van der Waals surface area contributed by atoms with E-state index in [0.29, 0.717) is 33.9 Å². The van der Waals surface area contributed by atoms with Crippen LogP contribution in [-0.4, -0.2) is 70.2 Å². The summed E-state index contributed by atoms with van der Waals surface area (Å²) in [7, 11) is -1.83. The van der Waals surface area contributed by atoms with Gasteiger partial charge >= 0.3 is 12.6 Å². The van der Waals surface area contributed by atoms with E-state index in [1.165, 1.54) is 10.7 Å². The van der Waals surface area contributed by atoms with Crippen LogP contribution < -0.4 is 9.64 Å². The first kappa shape index (κ1) is 29.2. The molecule has 11 nitrogen and oxygen atoms in total. The van der Waals surface area contributed by atoms with Gasteiger partial charge in [0.15, 0.2) is 11.6 Å². The number of hydrogen-bond acceptors (Lipinski definition) is 9. The largest absolute Gasteiger partial charge is 0.481 e. The lowest BCUT2D eigenvalue weighted by atomic mass is 9.86. The van der Waals surface area contributed by atoms with Crippen LogP contribution in [0.5, 0.6) is 5.75 Å². The lowest BCUT2D eigenvalue weighted by Gasteiger charge is -2.42. The van der Waals surface area contributed by atoms with Gasteiger partial charge in [0.2, 0.25) is 0 Å². The molecule has 0 aliphatic carbocycles. The van der Waals surface area contributed by atoms with Gasteiger partial charge in [-0.25, -0.2) is 9.67 Å². The van der Waals surface area contributed by atoms with Gasteiger partial charge in [0, 0.05) is 44.8 Å². The Kier molecular flexibility index (Phi) is 7.71. The zero-order chi connectivity index (χ0) is 30.5. The number of fused-ring (bicyclic) bond motifs is 4. The Morgan fingerprint density at radius 1 is 1.19 bits per heavy atom. The minimum atomic E-state index is -3.39. The number of ether oxygens (including phenoxy) is 1. The number of alkyl halides is 2. The maximum absolute atomic E-state index is 13.3. The number of halogens is 2. The summed E-state index contributed by atoms with van der Waals surface area (Å²) in [4.78, 5) is 19.1. The van der Waals surface area contributed by atoms with Crippen molar-refractivity contribution in [1.29, 1.82) is 0 Å². The summed E-state index contributed by atoms with van der Waals surface area (Å²) in [5.41, 5.74) is 3.30. The maximum Gasteiger partial charge on any atom is 0.387 e. The monoisotopic (exact) mass is 614 g/mol. The molecular weight excluding hydrogens is 582 g/mol. The fraction of sp³-hybridized carbons (Fsp3) is 0.379. The van der Waals surface area contributed by atoms with Crippen molar-refractivity contribution in [2.75, 3.05) is 18.0 Å². The Balaban J connectivity index is 1.40. The van der Waals surface area contributed by atoms with Crippen LogP contribution in [0.25, 0.3) is 11.0 Å². The van der Waals surface area contributed by atoms with E-state index in [2.05, 4.69) is 20.2 Å². The molecule has 2 aromatic carbocycles. The number of anilines is 1. The smallest absolute Gasteiger partial charge is 0.387 e. The molecule has 14 heteroatoms. The lowest BCUT2D eigenvalue weighted by Crippen LogP contribution is -2.38. The third kappa shape index (κ3) is 5.51. The van der Waals surface area contributed by atoms with E-state index in [0.717, 1.165) is 30.5 Å². The van der Waals surface area contributed by atoms with E-state index < -0.39 is 29.3 Å². The van der Waals surface area contributed by atoms with Crippen molar-refractivity contribution in [3.05, 3.63) is 70.9 Å². The first-order valence-corrected chi connectivity index (χ1v) is 15.4. The number of carboxylic acid groups (broad SMARTS) is 1. The Hall–Kier alpha value is -3.85. The maximum atomic E-state index is 13.3. The van der Waals surface area contributed by atoms with Crippen molar-refractivity contribution in [2.24, 2.45) is 7.05 Å². The summed E-state index contributed by atoms with van der Waals surface area (Å²) in [5.74, 6) is -1.36. The molecule has 2 aliphatic heterocycles. The normalized spacial score (nSPS) is 19.6. The summed E-state index contributed by atoms with van der Waals surface area (Å²) in [6.45, 7) is 0.215. The van der Waals surface area contributed by atoms with E-state index in [9.17, 15) is 27.8 Å². The summed E-state index contributed by atoms with van der Waals surface area (Å²) in [6, 6.07) is 12.0. The summed E-state index contributed by atoms with van der Waals surface area (Å²) >= 11 is 0. The first-order valence-electron chi connectivity index (χ1n) is 13.9. The van der Waals surface area contributed by atoms with Gasteiger partial charge in [0.1, 0.15) is 15.9 Å². The van der Waals surface area contributed by atoms with Crippen LogP contribution in [0, 0.1) is 6.92 Å². The van der Waals surface area contributed by atoms with Gasteiger partial charge in [0.25, 0.3) is 0 Å². The number of aryl methyl sites for hydroxylation is 2. The van der Waals surface area contributed by atoms with Gasteiger partial charge < -0.3 is 14.7 Å². The zero-order valence-electron chi connectivity index (χ0n) is 23.6. The van der Waals surface area contributed by atoms with Crippen molar-refractivity contribution < 1.29 is 32.5 Å². The summed E-state index contributed by atoms with van der Waals surface area (Å²) < 4.78 is 57.6. The third-order valence-corrected chi connectivity index (χ3v) is 10.2. The van der Waals surface area contributed by atoms with E-state index in [1.807, 2.05) is 19.1 Å². The molecule has 2 atom stereocenters. The molecule has 228 valence electrons. The van der Waals surface area contributed by atoms with Crippen molar-refractivity contribution in [1.82, 2.24) is 24.3 Å². The molecular formula is C29H32F2N6O5S. The molecule has 1 fully saturated rings. The molecule has 0 amide bonds. The fourth-order valence-corrected chi connectivity index (χ4v) is 7.84. The minimum Gasteiger partial charge on any atom is -0.481 e. The number of carboxylic acids is 1. The number of carbonyl (C=O) groups is 1. The van der Waals surface area contributed by atoms with E-state index in [-0.39, 0.29) is 30.3 Å². The van der Waals surface area contributed by atoms with Crippen LogP contribution >= 0.6 is 10.8 Å². The van der Waals surface area contributed by atoms with Crippen LogP contribution in [0.4, 0.5) is 14.6 Å². The molecule has 0 spiro atoms. The highest BCUT2D eigenvalue weighted by Crippen LogP contribution is 2.58. The second-order valence-electron chi connectivity index (χ2n) is 11.0. The van der Waals surface area contributed by atoms with Crippen LogP contribution in [-0.2, 0) is 18.4 Å². The fourth-order valence-electron chi connectivity index (χ4n) is 6.18. The molecule has 1 unspecified atom stereocenters. The Morgan fingerprint density at radius 2 is 2.00 bits per heavy atom. The Bertz CT molecular complexity index is 1680. The predicted octanol–water partition coefficient (Wildman–Crippen LogP) is 5.39. The molecule has 3 N–H and O–H groups in total. The number of nitrogens with zero attached hydrogens (tertiary/aromatic N) is 6. The highest BCUT2D eigenvalue weighted by Gasteiger charge is 2.40. The Morgan fingerprint density at radius 3 is 2.77 bits per heavy atom. The minimum absolute atomic E-state index is 0.0672. The molecule has 2 aliphatic rings. The molecule has 4 heterocycles. The van der Waals surface area contributed by atoms with Gasteiger partial charge in [-0.2, -0.15) is 13.1 Å². The first-order chi connectivity index (χ1) is 20.5. The molecule has 6 rings (SSSR count). The van der Waals surface area contributed by atoms with Gasteiger partial charge in [-0.3, -0.25) is 13.9 Å². The number of benzene rings is 2. The van der Waals surface area contributed by atoms with Crippen LogP contribution in [0.15, 0.2) is 53.6 Å². The van der Waals surface area contributed by atoms with Crippen molar-refractivity contribution >= 4 is 33.6 Å². The SMILES string of the molecule is Cc1ccc(C(CC(=O)O)c2cc(OC(F)F)c3c(c2)nnn3C)cc1CN1C[C@H]2CCCN2c2ncccc2S1(O)O. The third-order valence-electron chi connectivity index (χ3n) is 8.28. The van der Waals surface area contributed by atoms with Gasteiger partial charge in [-0.15, -0.1) is 15.9 Å². The zero-order valence-corrected chi connectivity index (χ0v) is 24.4. The molecule has 43 heavy (non-hydrogen) atoms. The molecule has 0 radical (unpaired) electrons. The molecule has 1 saturated heterocycles. The number of rotatable bonds is 8. The predicted molar refractivity (Wildman–Crippen MR) is 157 cm³/mol. The number of aromatic nitrogens is 4. The lowest BCUT2D eigenvalue weighted by molar-refractivity contribution is -0.137. The average molecular weight is 615 g/mol. The Labute approximate surface area is 248 Å². The van der Waals surface area contributed by atoms with E-state index in [4.69, 9.17) is 4.74 Å². The van der Waals surface area contributed by atoms with E-state index >= 15 is 0 Å². The summed E-state index contributed by atoms with van der Waals surface area (Å²) in [6.07, 6.45) is 3.21. The highest BCUT2D eigenvalue weighted by atomic mass is 32.3. The van der Waals surface area contributed by atoms with Crippen molar-refractivity contribution in [3.8, 4) is 5.75 Å². The second-order valence-corrected chi connectivity index (χ2v) is 13.0. The highest BCUT2D eigenvalue weighted by molar-refractivity contribution is 8.22. The quantitative estimate of drug-likeness (QED) is 0.237. The van der Waals surface area contributed by atoms with Crippen LogP contribution in [0.3, 0.4) is 0 Å². The topological polar surface area (TPSA) is 137 Å². The van der Waals surface area contributed by atoms with Crippen LogP contribution in [0.1, 0.15) is 47.4 Å². The number of pyridine rings is 1. The standard InChI is InChI=1S/C29H32F2N6O5S/c1-17-7-8-18(22(14-26(38)39)19-12-23-27(35(2)34-33-23)24(13-19)42-29(30)31)11-20(17)15-36-16-21-5-4-10-37(21)28-25(43(36,40)41)6-3-9-32-28/h3,6-9,11-13,21-22,29,40-41H,4-5,10,14-16H2,1-2H3,(H,38,39)/t21-,22?/m1/s1. The number of hydrogen-bond donors (Lipinski definition) is 3. The molecule has 0 bridgehead atoms. The van der Waals surface area contributed by atoms with Crippen LogP contribution in [0.2, 0.25) is 0 Å². The molecule has 4 aromatic rings. The van der Waals surface area contributed by atoms with Crippen molar-refractivity contribution in [2.45, 2.75) is 56.2 Å². The second kappa shape index (κ2) is 11.3. The average Bonchev–Trinajstić information content (AvgIpc) is 3.56. The van der Waals surface area contributed by atoms with E-state index in [1.54, 1.807) is 41.8 Å². The van der Waals surface area contributed by atoms with Crippen molar-refractivity contribution in [3.63, 3.8) is 0 Å². The van der Waals surface area contributed by atoms with Gasteiger partial charge in [-0.1, -0.05) is 23.4 Å². The van der Waals surface area contributed by atoms with Gasteiger partial charge in [-0.05, 0) is 66.3 Å². The molecule has 2 aromatic heterocycles. The molecule has 0 saturated carbocycles. The van der Waals surface area contributed by atoms with Gasteiger partial charge in [0.05, 0.1) is 6.42 Å².